The fourth-order valence-corrected chi connectivity index (χ4v) is 2.39. The van der Waals surface area contributed by atoms with Crippen molar-refractivity contribution in [1.29, 1.82) is 0 Å². The van der Waals surface area contributed by atoms with Gasteiger partial charge in [-0.25, -0.2) is 4.79 Å². The molecule has 1 heterocycles. The SMILES string of the molecule is COC(=O)c1cccc(-c2ccsc2Cl)c1. The molecule has 0 bridgehead atoms. The van der Waals surface area contributed by atoms with Crippen molar-refractivity contribution in [1.82, 2.24) is 0 Å². The highest BCUT2D eigenvalue weighted by atomic mass is 35.5. The van der Waals surface area contributed by atoms with Crippen molar-refractivity contribution in [2.75, 3.05) is 7.11 Å². The summed E-state index contributed by atoms with van der Waals surface area (Å²) in [7, 11) is 1.37. The number of thiophene rings is 1. The lowest BCUT2D eigenvalue weighted by molar-refractivity contribution is 0.0601. The molecule has 1 aromatic carbocycles. The fourth-order valence-electron chi connectivity index (χ4n) is 1.43. The molecule has 2 nitrogen and oxygen atoms in total. The molecule has 0 spiro atoms. The van der Waals surface area contributed by atoms with Crippen LogP contribution in [-0.4, -0.2) is 13.1 Å². The van der Waals surface area contributed by atoms with Gasteiger partial charge in [0.1, 0.15) is 4.34 Å². The van der Waals surface area contributed by atoms with E-state index in [0.717, 1.165) is 15.5 Å². The number of benzene rings is 1. The molecule has 0 fully saturated rings. The van der Waals surface area contributed by atoms with Crippen molar-refractivity contribution in [3.8, 4) is 11.1 Å². The van der Waals surface area contributed by atoms with Gasteiger partial charge in [-0.1, -0.05) is 23.7 Å². The Bertz CT molecular complexity index is 519. The van der Waals surface area contributed by atoms with Crippen molar-refractivity contribution in [3.05, 3.63) is 45.6 Å². The zero-order valence-corrected chi connectivity index (χ0v) is 10.1. The molecule has 0 unspecified atom stereocenters. The molecule has 16 heavy (non-hydrogen) atoms. The maximum Gasteiger partial charge on any atom is 0.337 e. The van der Waals surface area contributed by atoms with E-state index < -0.39 is 0 Å². The summed E-state index contributed by atoms with van der Waals surface area (Å²) >= 11 is 7.51. The summed E-state index contributed by atoms with van der Waals surface area (Å²) in [5, 5.41) is 1.92. The van der Waals surface area contributed by atoms with Crippen LogP contribution in [0.3, 0.4) is 0 Å². The summed E-state index contributed by atoms with van der Waals surface area (Å²) in [5.74, 6) is -0.340. The summed E-state index contributed by atoms with van der Waals surface area (Å²) in [6.45, 7) is 0. The monoisotopic (exact) mass is 252 g/mol. The third-order valence-corrected chi connectivity index (χ3v) is 3.38. The van der Waals surface area contributed by atoms with E-state index >= 15 is 0 Å². The predicted octanol–water partition coefficient (Wildman–Crippen LogP) is 3.86. The van der Waals surface area contributed by atoms with Crippen LogP contribution in [-0.2, 0) is 4.74 Å². The van der Waals surface area contributed by atoms with Gasteiger partial charge >= 0.3 is 5.97 Å². The minimum absolute atomic E-state index is 0.340. The zero-order valence-electron chi connectivity index (χ0n) is 8.57. The van der Waals surface area contributed by atoms with Crippen LogP contribution in [0.25, 0.3) is 11.1 Å². The quantitative estimate of drug-likeness (QED) is 0.759. The molecule has 0 N–H and O–H groups in total. The highest BCUT2D eigenvalue weighted by Crippen LogP contribution is 2.32. The van der Waals surface area contributed by atoms with Crippen molar-refractivity contribution < 1.29 is 9.53 Å². The highest BCUT2D eigenvalue weighted by Gasteiger charge is 2.09. The largest absolute Gasteiger partial charge is 0.465 e. The van der Waals surface area contributed by atoms with Crippen LogP contribution in [0.5, 0.6) is 0 Å². The minimum Gasteiger partial charge on any atom is -0.465 e. The molecule has 0 amide bonds. The van der Waals surface area contributed by atoms with Crippen LogP contribution in [0.2, 0.25) is 4.34 Å². The van der Waals surface area contributed by atoms with Crippen LogP contribution < -0.4 is 0 Å². The van der Waals surface area contributed by atoms with Gasteiger partial charge < -0.3 is 4.74 Å². The molecule has 0 aliphatic carbocycles. The van der Waals surface area contributed by atoms with Gasteiger partial charge in [0.25, 0.3) is 0 Å². The maximum absolute atomic E-state index is 11.4. The van der Waals surface area contributed by atoms with Crippen LogP contribution in [0.4, 0.5) is 0 Å². The Balaban J connectivity index is 2.44. The molecule has 0 saturated carbocycles. The number of rotatable bonds is 2. The number of carbonyl (C=O) groups excluding carboxylic acids is 1. The van der Waals surface area contributed by atoms with Gasteiger partial charge in [-0.05, 0) is 29.1 Å². The highest BCUT2D eigenvalue weighted by molar-refractivity contribution is 7.15. The molecule has 1 aromatic heterocycles. The fraction of sp³-hybridized carbons (Fsp3) is 0.0833. The van der Waals surface area contributed by atoms with Gasteiger partial charge in [-0.3, -0.25) is 0 Å². The number of hydrogen-bond acceptors (Lipinski definition) is 3. The first-order chi connectivity index (χ1) is 7.72. The Morgan fingerprint density at radius 1 is 1.38 bits per heavy atom. The standard InChI is InChI=1S/C12H9ClO2S/c1-15-12(14)9-4-2-3-8(7-9)10-5-6-16-11(10)13/h2-7H,1H3. The Hall–Kier alpha value is -1.32. The van der Waals surface area contributed by atoms with Gasteiger partial charge in [0.05, 0.1) is 12.7 Å². The first-order valence-electron chi connectivity index (χ1n) is 4.64. The van der Waals surface area contributed by atoms with E-state index in [1.807, 2.05) is 23.6 Å². The van der Waals surface area contributed by atoms with Gasteiger partial charge in [-0.2, -0.15) is 0 Å². The molecule has 0 aliphatic rings. The predicted molar refractivity (Wildman–Crippen MR) is 66.1 cm³/mol. The molecule has 4 heteroatoms. The third-order valence-electron chi connectivity index (χ3n) is 2.21. The second-order valence-electron chi connectivity index (χ2n) is 3.18. The zero-order chi connectivity index (χ0) is 11.5. The van der Waals surface area contributed by atoms with Crippen molar-refractivity contribution >= 4 is 28.9 Å². The van der Waals surface area contributed by atoms with E-state index in [9.17, 15) is 4.79 Å². The molecule has 2 aromatic rings. The lowest BCUT2D eigenvalue weighted by atomic mass is 10.1. The molecular weight excluding hydrogens is 244 g/mol. The van der Waals surface area contributed by atoms with Gasteiger partial charge in [0.2, 0.25) is 0 Å². The second-order valence-corrected chi connectivity index (χ2v) is 4.70. The first-order valence-corrected chi connectivity index (χ1v) is 5.90. The smallest absolute Gasteiger partial charge is 0.337 e. The number of ether oxygens (including phenoxy) is 1. The summed E-state index contributed by atoms with van der Waals surface area (Å²) in [6, 6.07) is 9.16. The summed E-state index contributed by atoms with van der Waals surface area (Å²) < 4.78 is 5.39. The molecule has 0 saturated heterocycles. The minimum atomic E-state index is -0.340. The number of halogens is 1. The van der Waals surface area contributed by atoms with Crippen LogP contribution >= 0.6 is 22.9 Å². The van der Waals surface area contributed by atoms with Gasteiger partial charge in [-0.15, -0.1) is 11.3 Å². The van der Waals surface area contributed by atoms with E-state index in [1.54, 1.807) is 12.1 Å². The lowest BCUT2D eigenvalue weighted by Crippen LogP contribution is -2.00. The normalized spacial score (nSPS) is 10.1. The van der Waals surface area contributed by atoms with E-state index in [4.69, 9.17) is 11.6 Å². The van der Waals surface area contributed by atoms with Crippen LogP contribution in [0.15, 0.2) is 35.7 Å². The average molecular weight is 253 g/mol. The molecule has 0 aliphatic heterocycles. The van der Waals surface area contributed by atoms with E-state index in [2.05, 4.69) is 4.74 Å². The van der Waals surface area contributed by atoms with Crippen molar-refractivity contribution in [2.24, 2.45) is 0 Å². The molecule has 0 radical (unpaired) electrons. The van der Waals surface area contributed by atoms with Crippen molar-refractivity contribution in [3.63, 3.8) is 0 Å². The first kappa shape index (κ1) is 11.2. The molecular formula is C12H9ClO2S. The lowest BCUT2D eigenvalue weighted by Gasteiger charge is -2.02. The number of methoxy groups -OCH3 is 1. The van der Waals surface area contributed by atoms with Crippen LogP contribution in [0.1, 0.15) is 10.4 Å². The summed E-state index contributed by atoms with van der Waals surface area (Å²) in [4.78, 5) is 11.4. The second kappa shape index (κ2) is 4.68. The van der Waals surface area contributed by atoms with Crippen LogP contribution in [0, 0.1) is 0 Å². The molecule has 0 atom stereocenters. The molecule has 2 rings (SSSR count). The maximum atomic E-state index is 11.4. The van der Waals surface area contributed by atoms with E-state index in [1.165, 1.54) is 18.4 Å². The van der Waals surface area contributed by atoms with E-state index in [-0.39, 0.29) is 5.97 Å². The third kappa shape index (κ3) is 2.10. The van der Waals surface area contributed by atoms with E-state index in [0.29, 0.717) is 5.56 Å². The Labute approximate surface area is 102 Å². The summed E-state index contributed by atoms with van der Waals surface area (Å²) in [5.41, 5.74) is 2.40. The van der Waals surface area contributed by atoms with Gasteiger partial charge in [0.15, 0.2) is 0 Å². The topological polar surface area (TPSA) is 26.3 Å². The Morgan fingerprint density at radius 2 is 2.19 bits per heavy atom. The number of carbonyl (C=O) groups is 1. The van der Waals surface area contributed by atoms with Gasteiger partial charge in [0, 0.05) is 5.56 Å². The Kier molecular flexibility index (Phi) is 3.27. The Morgan fingerprint density at radius 3 is 2.81 bits per heavy atom. The number of hydrogen-bond donors (Lipinski definition) is 0. The average Bonchev–Trinajstić information content (AvgIpc) is 2.74. The van der Waals surface area contributed by atoms with Crippen molar-refractivity contribution in [2.45, 2.75) is 0 Å². The molecule has 82 valence electrons. The summed E-state index contributed by atoms with van der Waals surface area (Å²) in [6.07, 6.45) is 0. The number of esters is 1.